The number of carbonyl (C=O) groups excluding carboxylic acids is 2. The van der Waals surface area contributed by atoms with E-state index in [1.54, 1.807) is 29.2 Å². The van der Waals surface area contributed by atoms with Crippen molar-refractivity contribution < 1.29 is 22.7 Å². The Morgan fingerprint density at radius 3 is 2.29 bits per heavy atom. The summed E-state index contributed by atoms with van der Waals surface area (Å²) in [6, 6.07) is 23.4. The second kappa shape index (κ2) is 15.7. The monoisotopic (exact) mass is 657 g/mol. The van der Waals surface area contributed by atoms with E-state index in [1.165, 1.54) is 11.4 Å². The minimum atomic E-state index is -3.62. The Kier molecular flexibility index (Phi) is 12.4. The minimum Gasteiger partial charge on any atom is -0.497 e. The van der Waals surface area contributed by atoms with E-state index < -0.39 is 16.1 Å². The number of nitrogens with one attached hydrogen (secondary N) is 1. The van der Waals surface area contributed by atoms with Gasteiger partial charge in [0.2, 0.25) is 21.8 Å². The summed E-state index contributed by atoms with van der Waals surface area (Å²) >= 11 is 3.50. The second-order valence-electron chi connectivity index (χ2n) is 10.6. The molecule has 42 heavy (non-hydrogen) atoms. The lowest BCUT2D eigenvalue weighted by Gasteiger charge is -2.32. The normalized spacial score (nSPS) is 12.0. The molecule has 1 N–H and O–H groups in total. The highest BCUT2D eigenvalue weighted by atomic mass is 79.9. The molecule has 0 aromatic heterocycles. The van der Waals surface area contributed by atoms with Crippen LogP contribution in [-0.2, 0) is 32.6 Å². The maximum Gasteiger partial charge on any atom is 0.243 e. The van der Waals surface area contributed by atoms with Gasteiger partial charge in [-0.25, -0.2) is 8.42 Å². The summed E-state index contributed by atoms with van der Waals surface area (Å²) in [7, 11) is -2.10. The van der Waals surface area contributed by atoms with Crippen LogP contribution in [0.4, 0.5) is 5.69 Å². The van der Waals surface area contributed by atoms with Crippen LogP contribution in [0, 0.1) is 5.92 Å². The largest absolute Gasteiger partial charge is 0.497 e. The van der Waals surface area contributed by atoms with E-state index in [1.807, 2.05) is 68.4 Å². The predicted octanol–water partition coefficient (Wildman–Crippen LogP) is 5.42. The number of benzene rings is 3. The summed E-state index contributed by atoms with van der Waals surface area (Å²) in [5.41, 5.74) is 2.28. The first-order valence-corrected chi connectivity index (χ1v) is 16.6. The van der Waals surface area contributed by atoms with E-state index in [4.69, 9.17) is 4.74 Å². The predicted molar refractivity (Wildman–Crippen MR) is 171 cm³/mol. The molecule has 0 spiro atoms. The van der Waals surface area contributed by atoms with Crippen LogP contribution in [-0.4, -0.2) is 57.6 Å². The van der Waals surface area contributed by atoms with Gasteiger partial charge in [0, 0.05) is 43.0 Å². The fourth-order valence-electron chi connectivity index (χ4n) is 4.58. The Hall–Kier alpha value is -3.37. The number of methoxy groups -OCH3 is 1. The molecule has 0 aliphatic carbocycles. The van der Waals surface area contributed by atoms with Crippen LogP contribution in [0.15, 0.2) is 83.3 Å². The van der Waals surface area contributed by atoms with Crippen molar-refractivity contribution in [2.24, 2.45) is 5.92 Å². The van der Waals surface area contributed by atoms with Crippen molar-refractivity contribution in [3.05, 3.63) is 94.5 Å². The molecule has 0 saturated carbocycles. The SMILES string of the molecule is COc1cccc(N(CCCC(=O)N(Cc2cccc(Br)c2)[C@@H](Cc2ccccc2)C(=O)NCC(C)C)S(C)(=O)=O)c1. The summed E-state index contributed by atoms with van der Waals surface area (Å²) in [6.45, 7) is 4.87. The third kappa shape index (κ3) is 10.2. The standard InChI is InChI=1S/C32H40BrN3O5S/c1-24(2)22-34-32(38)30(20-25-11-6-5-7-12-25)35(23-26-13-8-14-27(33)19-26)31(37)17-10-18-36(42(4,39)40)28-15-9-16-29(21-28)41-3/h5-9,11-16,19,21,24,30H,10,17-18,20,22-23H2,1-4H3,(H,34,38)/t30-/m0/s1. The molecule has 0 saturated heterocycles. The zero-order valence-corrected chi connectivity index (χ0v) is 27.0. The summed E-state index contributed by atoms with van der Waals surface area (Å²) in [6.07, 6.45) is 1.82. The number of carbonyl (C=O) groups is 2. The van der Waals surface area contributed by atoms with Gasteiger partial charge < -0.3 is 15.0 Å². The van der Waals surface area contributed by atoms with Crippen molar-refractivity contribution in [2.45, 2.75) is 45.7 Å². The van der Waals surface area contributed by atoms with Gasteiger partial charge in [-0.05, 0) is 47.7 Å². The molecule has 3 aromatic rings. The third-order valence-corrected chi connectivity index (χ3v) is 8.38. The Bertz CT molecular complexity index is 1430. The molecule has 0 heterocycles. The topological polar surface area (TPSA) is 96.0 Å². The molecule has 8 nitrogen and oxygen atoms in total. The fourth-order valence-corrected chi connectivity index (χ4v) is 5.98. The van der Waals surface area contributed by atoms with Crippen molar-refractivity contribution in [3.8, 4) is 5.75 Å². The first-order chi connectivity index (χ1) is 20.0. The van der Waals surface area contributed by atoms with Crippen LogP contribution in [0.1, 0.15) is 37.8 Å². The van der Waals surface area contributed by atoms with Gasteiger partial charge >= 0.3 is 0 Å². The molecule has 0 unspecified atom stereocenters. The van der Waals surface area contributed by atoms with Gasteiger partial charge in [0.25, 0.3) is 0 Å². The summed E-state index contributed by atoms with van der Waals surface area (Å²) in [4.78, 5) is 29.1. The third-order valence-electron chi connectivity index (χ3n) is 6.69. The quantitative estimate of drug-likeness (QED) is 0.236. The van der Waals surface area contributed by atoms with Crippen molar-refractivity contribution in [1.82, 2.24) is 10.2 Å². The molecule has 10 heteroatoms. The zero-order valence-electron chi connectivity index (χ0n) is 24.6. The number of rotatable bonds is 15. The molecule has 0 aliphatic heterocycles. The molecule has 3 rings (SSSR count). The number of hydrogen-bond donors (Lipinski definition) is 1. The van der Waals surface area contributed by atoms with E-state index in [9.17, 15) is 18.0 Å². The van der Waals surface area contributed by atoms with Gasteiger partial charge in [-0.3, -0.25) is 13.9 Å². The highest BCUT2D eigenvalue weighted by molar-refractivity contribution is 9.10. The minimum absolute atomic E-state index is 0.0622. The maximum absolute atomic E-state index is 13.9. The Morgan fingerprint density at radius 2 is 1.64 bits per heavy atom. The molecule has 3 aromatic carbocycles. The molecular formula is C32H40BrN3O5S. The zero-order chi connectivity index (χ0) is 30.7. The summed E-state index contributed by atoms with van der Waals surface area (Å²) < 4.78 is 32.8. The van der Waals surface area contributed by atoms with E-state index >= 15 is 0 Å². The fraction of sp³-hybridized carbons (Fsp3) is 0.375. The van der Waals surface area contributed by atoms with Crippen LogP contribution >= 0.6 is 15.9 Å². The van der Waals surface area contributed by atoms with Gasteiger partial charge in [0.05, 0.1) is 19.1 Å². The number of amides is 2. The lowest BCUT2D eigenvalue weighted by molar-refractivity contribution is -0.141. The highest BCUT2D eigenvalue weighted by Crippen LogP contribution is 2.24. The number of anilines is 1. The highest BCUT2D eigenvalue weighted by Gasteiger charge is 2.30. The molecule has 2 amide bonds. The molecular weight excluding hydrogens is 618 g/mol. The Morgan fingerprint density at radius 1 is 0.952 bits per heavy atom. The van der Waals surface area contributed by atoms with Crippen LogP contribution in [0.5, 0.6) is 5.75 Å². The lowest BCUT2D eigenvalue weighted by atomic mass is 10.0. The van der Waals surface area contributed by atoms with E-state index in [0.717, 1.165) is 21.9 Å². The van der Waals surface area contributed by atoms with Crippen molar-refractivity contribution >= 4 is 43.5 Å². The molecule has 1 atom stereocenters. The first kappa shape index (κ1) is 33.1. The number of halogens is 1. The van der Waals surface area contributed by atoms with Crippen LogP contribution < -0.4 is 14.4 Å². The molecule has 0 bridgehead atoms. The smallest absolute Gasteiger partial charge is 0.243 e. The number of nitrogens with zero attached hydrogens (tertiary/aromatic N) is 2. The van der Waals surface area contributed by atoms with Crippen molar-refractivity contribution in [1.29, 1.82) is 0 Å². The van der Waals surface area contributed by atoms with Gasteiger partial charge in [-0.1, -0.05) is 78.3 Å². The van der Waals surface area contributed by atoms with Gasteiger partial charge in [0.1, 0.15) is 11.8 Å². The van der Waals surface area contributed by atoms with E-state index in [-0.39, 0.29) is 43.7 Å². The van der Waals surface area contributed by atoms with Gasteiger partial charge in [-0.15, -0.1) is 0 Å². The van der Waals surface area contributed by atoms with Crippen molar-refractivity contribution in [3.63, 3.8) is 0 Å². The van der Waals surface area contributed by atoms with Crippen molar-refractivity contribution in [2.75, 3.05) is 30.8 Å². The molecule has 0 radical (unpaired) electrons. The van der Waals surface area contributed by atoms with E-state index in [2.05, 4.69) is 21.2 Å². The second-order valence-corrected chi connectivity index (χ2v) is 13.5. The Balaban J connectivity index is 1.88. The molecule has 0 fully saturated rings. The number of hydrogen-bond acceptors (Lipinski definition) is 5. The lowest BCUT2D eigenvalue weighted by Crippen LogP contribution is -2.51. The van der Waals surface area contributed by atoms with Gasteiger partial charge in [-0.2, -0.15) is 0 Å². The summed E-state index contributed by atoms with van der Waals surface area (Å²) in [5.74, 6) is 0.340. The maximum atomic E-state index is 13.9. The van der Waals surface area contributed by atoms with Crippen LogP contribution in [0.3, 0.4) is 0 Å². The average molecular weight is 659 g/mol. The number of sulfonamides is 1. The Labute approximate surface area is 258 Å². The van der Waals surface area contributed by atoms with E-state index in [0.29, 0.717) is 24.4 Å². The summed E-state index contributed by atoms with van der Waals surface area (Å²) in [5, 5.41) is 3.02. The number of ether oxygens (including phenoxy) is 1. The van der Waals surface area contributed by atoms with Gasteiger partial charge in [0.15, 0.2) is 0 Å². The molecule has 0 aliphatic rings. The molecule has 226 valence electrons. The van der Waals surface area contributed by atoms with Crippen LogP contribution in [0.2, 0.25) is 0 Å². The van der Waals surface area contributed by atoms with Crippen LogP contribution in [0.25, 0.3) is 0 Å². The average Bonchev–Trinajstić information content (AvgIpc) is 2.95. The first-order valence-electron chi connectivity index (χ1n) is 13.9.